The second-order valence-electron chi connectivity index (χ2n) is 9.58. The van der Waals surface area contributed by atoms with E-state index in [0.717, 1.165) is 45.1 Å². The van der Waals surface area contributed by atoms with E-state index in [0.29, 0.717) is 19.1 Å². The van der Waals surface area contributed by atoms with Gasteiger partial charge in [-0.3, -0.25) is 0 Å². The second-order valence-corrected chi connectivity index (χ2v) is 9.58. The summed E-state index contributed by atoms with van der Waals surface area (Å²) in [6, 6.07) is 20.9. The molecule has 3 aromatic carbocycles. The summed E-state index contributed by atoms with van der Waals surface area (Å²) in [5.74, 6) is 3.07. The highest BCUT2D eigenvalue weighted by Gasteiger charge is 2.27. The van der Waals surface area contributed by atoms with Crippen LogP contribution < -0.4 is 14.2 Å². The van der Waals surface area contributed by atoms with Gasteiger partial charge in [-0.2, -0.15) is 0 Å². The second kappa shape index (κ2) is 8.47. The monoisotopic (exact) mass is 438 g/mol. The highest BCUT2D eigenvalue weighted by atomic mass is 16.5. The quantitative estimate of drug-likeness (QED) is 0.413. The lowest BCUT2D eigenvalue weighted by atomic mass is 9.94. The van der Waals surface area contributed by atoms with Crippen LogP contribution in [0.5, 0.6) is 17.2 Å². The molecule has 0 amide bonds. The molecule has 0 spiro atoms. The van der Waals surface area contributed by atoms with Crippen LogP contribution in [0, 0.1) is 0 Å². The van der Waals surface area contributed by atoms with Crippen molar-refractivity contribution >= 4 is 17.7 Å². The maximum atomic E-state index is 6.34. The molecule has 0 N–H and O–H groups in total. The van der Waals surface area contributed by atoms with Gasteiger partial charge < -0.3 is 14.2 Å². The van der Waals surface area contributed by atoms with Gasteiger partial charge in [0, 0.05) is 16.7 Å². The standard InChI is InChI=1S/C30H30O3/c1-20(2)22-10-12-25(28(17-22)31-18-21-8-6-5-7-9-21)24-16-23-11-13-27-26(29(23)32-19-24)14-15-30(3,4)33-27/h5-17,20H,18-19H2,1-4H3. The fraction of sp³-hybridized carbons (Fsp3) is 0.267. The minimum atomic E-state index is -0.305. The van der Waals surface area contributed by atoms with Crippen molar-refractivity contribution in [3.63, 3.8) is 0 Å². The van der Waals surface area contributed by atoms with Crippen molar-refractivity contribution in [3.8, 4) is 17.2 Å². The van der Waals surface area contributed by atoms with Crippen LogP contribution in [-0.2, 0) is 6.61 Å². The fourth-order valence-electron chi connectivity index (χ4n) is 4.27. The van der Waals surface area contributed by atoms with Crippen molar-refractivity contribution < 1.29 is 14.2 Å². The zero-order valence-corrected chi connectivity index (χ0v) is 19.7. The normalized spacial score (nSPS) is 15.7. The van der Waals surface area contributed by atoms with E-state index in [4.69, 9.17) is 14.2 Å². The first-order valence-corrected chi connectivity index (χ1v) is 11.6. The number of hydrogen-bond acceptors (Lipinski definition) is 3. The van der Waals surface area contributed by atoms with E-state index in [1.807, 2.05) is 24.3 Å². The summed E-state index contributed by atoms with van der Waals surface area (Å²) in [7, 11) is 0. The van der Waals surface area contributed by atoms with Gasteiger partial charge in [0.05, 0.1) is 5.56 Å². The van der Waals surface area contributed by atoms with Crippen molar-refractivity contribution in [2.45, 2.75) is 45.8 Å². The summed E-state index contributed by atoms with van der Waals surface area (Å²) in [4.78, 5) is 0. The molecule has 0 saturated carbocycles. The third kappa shape index (κ3) is 4.41. The molecule has 3 aromatic rings. The number of hydrogen-bond donors (Lipinski definition) is 0. The molecule has 3 heteroatoms. The molecule has 33 heavy (non-hydrogen) atoms. The average molecular weight is 439 g/mol. The van der Waals surface area contributed by atoms with Crippen LogP contribution >= 0.6 is 0 Å². The van der Waals surface area contributed by atoms with Gasteiger partial charge in [0.2, 0.25) is 0 Å². The average Bonchev–Trinajstić information content (AvgIpc) is 2.82. The Morgan fingerprint density at radius 2 is 1.82 bits per heavy atom. The van der Waals surface area contributed by atoms with Crippen LogP contribution in [-0.4, -0.2) is 12.2 Å². The largest absolute Gasteiger partial charge is 0.488 e. The van der Waals surface area contributed by atoms with Crippen molar-refractivity contribution in [2.75, 3.05) is 6.61 Å². The first-order valence-electron chi connectivity index (χ1n) is 11.6. The Bertz CT molecular complexity index is 1230. The number of ether oxygens (including phenoxy) is 3. The third-order valence-corrected chi connectivity index (χ3v) is 6.17. The Hall–Kier alpha value is -3.46. The molecule has 0 aromatic heterocycles. The van der Waals surface area contributed by atoms with Crippen LogP contribution in [0.25, 0.3) is 17.7 Å². The van der Waals surface area contributed by atoms with Gasteiger partial charge in [0.15, 0.2) is 0 Å². The highest BCUT2D eigenvalue weighted by Crippen LogP contribution is 2.43. The molecule has 3 nitrogen and oxygen atoms in total. The Morgan fingerprint density at radius 3 is 2.61 bits per heavy atom. The molecular weight excluding hydrogens is 408 g/mol. The molecule has 0 atom stereocenters. The van der Waals surface area contributed by atoms with Gasteiger partial charge in [-0.25, -0.2) is 0 Å². The Labute approximate surface area is 196 Å². The molecular formula is C30H30O3. The molecule has 0 radical (unpaired) electrons. The SMILES string of the molecule is CC(C)c1ccc(C2=Cc3ccc4c(c3OC2)C=CC(C)(C)O4)c(OCc2ccccc2)c1. The molecule has 2 aliphatic rings. The topological polar surface area (TPSA) is 27.7 Å². The maximum Gasteiger partial charge on any atom is 0.137 e. The number of fused-ring (bicyclic) bond motifs is 3. The van der Waals surface area contributed by atoms with Crippen LogP contribution in [0.1, 0.15) is 61.4 Å². The van der Waals surface area contributed by atoms with E-state index in [-0.39, 0.29) is 5.60 Å². The van der Waals surface area contributed by atoms with Crippen LogP contribution in [0.3, 0.4) is 0 Å². The van der Waals surface area contributed by atoms with Crippen molar-refractivity contribution in [1.82, 2.24) is 0 Å². The van der Waals surface area contributed by atoms with Gasteiger partial charge in [0.1, 0.15) is 36.1 Å². The highest BCUT2D eigenvalue weighted by molar-refractivity contribution is 5.90. The zero-order chi connectivity index (χ0) is 23.0. The molecule has 0 aliphatic carbocycles. The van der Waals surface area contributed by atoms with Gasteiger partial charge in [0.25, 0.3) is 0 Å². The Balaban J connectivity index is 1.50. The maximum absolute atomic E-state index is 6.34. The van der Waals surface area contributed by atoms with E-state index in [9.17, 15) is 0 Å². The lowest BCUT2D eigenvalue weighted by molar-refractivity contribution is 0.158. The number of benzene rings is 3. The lowest BCUT2D eigenvalue weighted by Gasteiger charge is -2.30. The van der Waals surface area contributed by atoms with E-state index in [1.54, 1.807) is 0 Å². The van der Waals surface area contributed by atoms with E-state index in [2.05, 4.69) is 82.3 Å². The third-order valence-electron chi connectivity index (χ3n) is 6.17. The van der Waals surface area contributed by atoms with Crippen molar-refractivity contribution in [1.29, 1.82) is 0 Å². The molecule has 0 bridgehead atoms. The first kappa shape index (κ1) is 21.4. The van der Waals surface area contributed by atoms with Gasteiger partial charge in [-0.15, -0.1) is 0 Å². The van der Waals surface area contributed by atoms with E-state index < -0.39 is 0 Å². The van der Waals surface area contributed by atoms with Gasteiger partial charge >= 0.3 is 0 Å². The lowest BCUT2D eigenvalue weighted by Crippen LogP contribution is -2.27. The molecule has 168 valence electrons. The molecule has 0 unspecified atom stereocenters. The summed E-state index contributed by atoms with van der Waals surface area (Å²) >= 11 is 0. The predicted octanol–water partition coefficient (Wildman–Crippen LogP) is 7.51. The molecule has 2 heterocycles. The fourth-order valence-corrected chi connectivity index (χ4v) is 4.27. The Morgan fingerprint density at radius 1 is 1.00 bits per heavy atom. The minimum absolute atomic E-state index is 0.305. The van der Waals surface area contributed by atoms with Gasteiger partial charge in [-0.05, 0) is 67.3 Å². The molecule has 0 saturated heterocycles. The summed E-state index contributed by atoms with van der Waals surface area (Å²) in [6.45, 7) is 9.55. The number of rotatable bonds is 5. The van der Waals surface area contributed by atoms with Crippen molar-refractivity contribution in [3.05, 3.63) is 94.6 Å². The molecule has 0 fully saturated rings. The summed E-state index contributed by atoms with van der Waals surface area (Å²) in [5, 5.41) is 0. The first-order chi connectivity index (χ1) is 15.9. The van der Waals surface area contributed by atoms with Crippen LogP contribution in [0.2, 0.25) is 0 Å². The smallest absolute Gasteiger partial charge is 0.137 e. The van der Waals surface area contributed by atoms with Crippen LogP contribution in [0.4, 0.5) is 0 Å². The van der Waals surface area contributed by atoms with E-state index >= 15 is 0 Å². The molecule has 2 aliphatic heterocycles. The molecule has 5 rings (SSSR count). The minimum Gasteiger partial charge on any atom is -0.488 e. The summed E-state index contributed by atoms with van der Waals surface area (Å²) < 4.78 is 18.8. The predicted molar refractivity (Wildman–Crippen MR) is 135 cm³/mol. The van der Waals surface area contributed by atoms with Gasteiger partial charge in [-0.1, -0.05) is 56.3 Å². The van der Waals surface area contributed by atoms with E-state index in [1.165, 1.54) is 5.56 Å². The summed E-state index contributed by atoms with van der Waals surface area (Å²) in [6.07, 6.45) is 6.41. The Kier molecular flexibility index (Phi) is 5.49. The summed E-state index contributed by atoms with van der Waals surface area (Å²) in [5.41, 5.74) is 6.37. The van der Waals surface area contributed by atoms with Crippen molar-refractivity contribution in [2.24, 2.45) is 0 Å². The van der Waals surface area contributed by atoms with Crippen LogP contribution in [0.15, 0.2) is 66.7 Å². The zero-order valence-electron chi connectivity index (χ0n) is 19.7.